The number of nitrogens with one attached hydrogen (secondary N) is 1. The molecule has 0 spiro atoms. The van der Waals surface area contributed by atoms with Crippen LogP contribution in [0.25, 0.3) is 0 Å². The number of aryl methyl sites for hydroxylation is 1. The average molecular weight is 349 g/mol. The summed E-state index contributed by atoms with van der Waals surface area (Å²) >= 11 is 14.8. The Morgan fingerprint density at radius 3 is 2.72 bits per heavy atom. The molecule has 2 aromatic rings. The van der Waals surface area contributed by atoms with Gasteiger partial charge in [0.25, 0.3) is 5.91 Å². The van der Waals surface area contributed by atoms with Gasteiger partial charge in [0, 0.05) is 13.2 Å². The van der Waals surface area contributed by atoms with Crippen LogP contribution in [0.15, 0.2) is 29.0 Å². The Balaban J connectivity index is 2.21. The molecule has 0 unspecified atom stereocenters. The lowest BCUT2D eigenvalue weighted by Gasteiger charge is -2.06. The number of nitrogens with zero attached hydrogens (tertiary/aromatic N) is 2. The van der Waals surface area contributed by atoms with Crippen LogP contribution in [0.5, 0.6) is 0 Å². The van der Waals surface area contributed by atoms with E-state index in [4.69, 9.17) is 23.2 Å². The molecule has 0 atom stereocenters. The van der Waals surface area contributed by atoms with E-state index in [2.05, 4.69) is 26.2 Å². The van der Waals surface area contributed by atoms with E-state index in [0.29, 0.717) is 26.0 Å². The van der Waals surface area contributed by atoms with Crippen LogP contribution in [-0.2, 0) is 7.05 Å². The molecule has 2 aromatic heterocycles. The van der Waals surface area contributed by atoms with E-state index in [-0.39, 0.29) is 5.91 Å². The summed E-state index contributed by atoms with van der Waals surface area (Å²) in [5, 5.41) is 3.57. The number of rotatable bonds is 2. The number of amides is 1. The van der Waals surface area contributed by atoms with E-state index in [1.165, 1.54) is 6.20 Å². The standard InChI is InChI=1S/C11H8BrCl2N3O/c1-17-5-6(13)2-9(17)11(18)16-7-3-8(12)10(14)15-4-7/h2-5H,1H3,(H,16,18). The smallest absolute Gasteiger partial charge is 0.272 e. The molecule has 4 nitrogen and oxygen atoms in total. The van der Waals surface area contributed by atoms with Crippen molar-refractivity contribution < 1.29 is 4.79 Å². The molecule has 0 aromatic carbocycles. The van der Waals surface area contributed by atoms with Gasteiger partial charge in [-0.25, -0.2) is 4.98 Å². The molecule has 7 heteroatoms. The topological polar surface area (TPSA) is 46.9 Å². The quantitative estimate of drug-likeness (QED) is 0.840. The molecule has 0 aliphatic heterocycles. The molecule has 0 saturated carbocycles. The van der Waals surface area contributed by atoms with Crippen molar-refractivity contribution in [3.8, 4) is 0 Å². The molecule has 0 aliphatic rings. The normalized spacial score (nSPS) is 10.4. The Hall–Kier alpha value is -1.04. The third kappa shape index (κ3) is 2.85. The Morgan fingerprint density at radius 2 is 2.17 bits per heavy atom. The number of anilines is 1. The van der Waals surface area contributed by atoms with Gasteiger partial charge >= 0.3 is 0 Å². The second-order valence-corrected chi connectivity index (χ2v) is 5.25. The van der Waals surface area contributed by atoms with Crippen molar-refractivity contribution in [2.45, 2.75) is 0 Å². The van der Waals surface area contributed by atoms with Crippen LogP contribution >= 0.6 is 39.1 Å². The summed E-state index contributed by atoms with van der Waals surface area (Å²) < 4.78 is 2.27. The Labute approximate surface area is 122 Å². The largest absolute Gasteiger partial charge is 0.345 e. The Bertz CT molecular complexity index is 612. The number of hydrogen-bond acceptors (Lipinski definition) is 2. The lowest BCUT2D eigenvalue weighted by molar-refractivity contribution is 0.101. The number of carbonyl (C=O) groups excluding carboxylic acids is 1. The van der Waals surface area contributed by atoms with Crippen molar-refractivity contribution in [1.29, 1.82) is 0 Å². The van der Waals surface area contributed by atoms with Crippen LogP contribution < -0.4 is 5.32 Å². The molecule has 94 valence electrons. The lowest BCUT2D eigenvalue weighted by atomic mass is 10.3. The summed E-state index contributed by atoms with van der Waals surface area (Å²) in [6, 6.07) is 3.27. The van der Waals surface area contributed by atoms with E-state index < -0.39 is 0 Å². The van der Waals surface area contributed by atoms with Gasteiger partial charge in [-0.05, 0) is 28.1 Å². The number of carbonyl (C=O) groups is 1. The fourth-order valence-corrected chi connectivity index (χ4v) is 2.14. The first-order chi connectivity index (χ1) is 8.47. The molecule has 1 N–H and O–H groups in total. The Morgan fingerprint density at radius 1 is 1.44 bits per heavy atom. The first-order valence-electron chi connectivity index (χ1n) is 4.91. The molecule has 0 radical (unpaired) electrons. The molecular formula is C11H8BrCl2N3O. The minimum absolute atomic E-state index is 0.263. The van der Waals surface area contributed by atoms with Crippen LogP contribution in [0, 0.1) is 0 Å². The summed E-state index contributed by atoms with van der Waals surface area (Å²) in [5.74, 6) is -0.263. The van der Waals surface area contributed by atoms with Crippen molar-refractivity contribution in [3.05, 3.63) is 44.9 Å². The minimum Gasteiger partial charge on any atom is -0.345 e. The maximum Gasteiger partial charge on any atom is 0.272 e. The van der Waals surface area contributed by atoms with E-state index in [1.807, 2.05) is 0 Å². The monoisotopic (exact) mass is 347 g/mol. The molecule has 2 heterocycles. The number of hydrogen-bond donors (Lipinski definition) is 1. The van der Waals surface area contributed by atoms with Gasteiger partial charge in [-0.2, -0.15) is 0 Å². The minimum atomic E-state index is -0.263. The predicted molar refractivity (Wildman–Crippen MR) is 75.3 cm³/mol. The second kappa shape index (κ2) is 5.30. The van der Waals surface area contributed by atoms with Crippen LogP contribution in [0.4, 0.5) is 5.69 Å². The fraction of sp³-hybridized carbons (Fsp3) is 0.0909. The second-order valence-electron chi connectivity index (χ2n) is 3.61. The molecule has 0 bridgehead atoms. The van der Waals surface area contributed by atoms with Crippen LogP contribution in [0.1, 0.15) is 10.5 Å². The molecule has 0 saturated heterocycles. The first kappa shape index (κ1) is 13.4. The van der Waals surface area contributed by atoms with Crippen LogP contribution in [-0.4, -0.2) is 15.5 Å². The van der Waals surface area contributed by atoms with Gasteiger partial charge in [-0.15, -0.1) is 0 Å². The van der Waals surface area contributed by atoms with Crippen LogP contribution in [0.3, 0.4) is 0 Å². The Kier molecular flexibility index (Phi) is 3.94. The number of pyridine rings is 1. The summed E-state index contributed by atoms with van der Waals surface area (Å²) in [6.07, 6.45) is 3.14. The highest BCUT2D eigenvalue weighted by Gasteiger charge is 2.12. The van der Waals surface area contributed by atoms with Crippen molar-refractivity contribution >= 4 is 50.7 Å². The molecule has 2 rings (SSSR count). The van der Waals surface area contributed by atoms with Gasteiger partial charge in [0.05, 0.1) is 21.4 Å². The molecular weight excluding hydrogens is 341 g/mol. The summed E-state index contributed by atoms with van der Waals surface area (Å²) in [5.41, 5.74) is 1.01. The average Bonchev–Trinajstić information content (AvgIpc) is 2.63. The van der Waals surface area contributed by atoms with Crippen molar-refractivity contribution in [2.75, 3.05) is 5.32 Å². The van der Waals surface area contributed by atoms with Crippen molar-refractivity contribution in [3.63, 3.8) is 0 Å². The van der Waals surface area contributed by atoms with Gasteiger partial charge in [0.1, 0.15) is 10.8 Å². The van der Waals surface area contributed by atoms with Crippen molar-refractivity contribution in [2.24, 2.45) is 7.05 Å². The SMILES string of the molecule is Cn1cc(Cl)cc1C(=O)Nc1cnc(Cl)c(Br)c1. The zero-order valence-electron chi connectivity index (χ0n) is 9.25. The highest BCUT2D eigenvalue weighted by Crippen LogP contribution is 2.23. The highest BCUT2D eigenvalue weighted by atomic mass is 79.9. The summed E-state index contributed by atoms with van der Waals surface area (Å²) in [6.45, 7) is 0. The molecule has 0 fully saturated rings. The number of aromatic nitrogens is 2. The number of halogens is 3. The predicted octanol–water partition coefficient (Wildman–Crippen LogP) is 3.74. The summed E-state index contributed by atoms with van der Waals surface area (Å²) in [7, 11) is 1.75. The van der Waals surface area contributed by atoms with Gasteiger partial charge in [0.2, 0.25) is 0 Å². The maximum absolute atomic E-state index is 12.0. The van der Waals surface area contributed by atoms with Crippen LogP contribution in [0.2, 0.25) is 10.2 Å². The van der Waals surface area contributed by atoms with Gasteiger partial charge < -0.3 is 9.88 Å². The molecule has 0 aliphatic carbocycles. The highest BCUT2D eigenvalue weighted by molar-refractivity contribution is 9.10. The third-order valence-corrected chi connectivity index (χ3v) is 3.60. The van der Waals surface area contributed by atoms with E-state index in [1.54, 1.807) is 29.9 Å². The van der Waals surface area contributed by atoms with Crippen molar-refractivity contribution in [1.82, 2.24) is 9.55 Å². The molecule has 1 amide bonds. The third-order valence-electron chi connectivity index (χ3n) is 2.26. The zero-order valence-corrected chi connectivity index (χ0v) is 12.3. The van der Waals surface area contributed by atoms with E-state index in [9.17, 15) is 4.79 Å². The summed E-state index contributed by atoms with van der Waals surface area (Å²) in [4.78, 5) is 15.9. The lowest BCUT2D eigenvalue weighted by Crippen LogP contribution is -2.15. The first-order valence-corrected chi connectivity index (χ1v) is 6.46. The fourth-order valence-electron chi connectivity index (χ4n) is 1.43. The van der Waals surface area contributed by atoms with Gasteiger partial charge in [-0.3, -0.25) is 4.79 Å². The van der Waals surface area contributed by atoms with Gasteiger partial charge in [-0.1, -0.05) is 23.2 Å². The zero-order chi connectivity index (χ0) is 13.3. The van der Waals surface area contributed by atoms with E-state index in [0.717, 1.165) is 0 Å². The molecule has 18 heavy (non-hydrogen) atoms. The van der Waals surface area contributed by atoms with E-state index >= 15 is 0 Å². The van der Waals surface area contributed by atoms with Gasteiger partial charge in [0.15, 0.2) is 0 Å². The maximum atomic E-state index is 12.0.